The number of halogens is 1. The first-order valence-corrected chi connectivity index (χ1v) is 9.55. The zero-order valence-electron chi connectivity index (χ0n) is 14.9. The minimum atomic E-state index is -0.600. The van der Waals surface area contributed by atoms with E-state index in [2.05, 4.69) is 10.6 Å². The molecule has 3 rings (SSSR count). The second-order valence-corrected chi connectivity index (χ2v) is 7.30. The third-order valence-electron chi connectivity index (χ3n) is 4.57. The Bertz CT molecular complexity index is 657. The highest BCUT2D eigenvalue weighted by Crippen LogP contribution is 2.24. The molecule has 2 aliphatic rings. The van der Waals surface area contributed by atoms with E-state index in [-0.39, 0.29) is 24.0 Å². The first-order valence-electron chi connectivity index (χ1n) is 9.17. The molecular formula is C19H25ClN2O4. The van der Waals surface area contributed by atoms with Crippen molar-refractivity contribution in [3.8, 4) is 0 Å². The maximum absolute atomic E-state index is 12.3. The van der Waals surface area contributed by atoms with Crippen molar-refractivity contribution < 1.29 is 19.1 Å². The summed E-state index contributed by atoms with van der Waals surface area (Å²) in [7, 11) is 0. The van der Waals surface area contributed by atoms with Gasteiger partial charge < -0.3 is 20.1 Å². The Balaban J connectivity index is 1.49. The maximum atomic E-state index is 12.3. The standard InChI is InChI=1S/C19H25ClN2O4/c1-12(26-11-15-4-2-3-9-25-15)18(23)22-14-7-8-16(17(20)10-14)19(24)21-13-5-6-13/h7-8,10,12-13,15H,2-6,9,11H2,1H3,(H,21,24)(H,22,23). The smallest absolute Gasteiger partial charge is 0.253 e. The highest BCUT2D eigenvalue weighted by molar-refractivity contribution is 6.34. The van der Waals surface area contributed by atoms with Gasteiger partial charge in [0.05, 0.1) is 23.3 Å². The lowest BCUT2D eigenvalue weighted by atomic mass is 10.1. The minimum absolute atomic E-state index is 0.0673. The number of carbonyl (C=O) groups is 2. The van der Waals surface area contributed by atoms with Crippen LogP contribution in [0.25, 0.3) is 0 Å². The molecule has 1 heterocycles. The topological polar surface area (TPSA) is 76.7 Å². The van der Waals surface area contributed by atoms with Gasteiger partial charge in [-0.05, 0) is 57.2 Å². The second kappa shape index (κ2) is 8.84. The Morgan fingerprint density at radius 3 is 2.77 bits per heavy atom. The molecule has 1 saturated carbocycles. The van der Waals surface area contributed by atoms with Crippen molar-refractivity contribution in [1.29, 1.82) is 0 Å². The van der Waals surface area contributed by atoms with Crippen molar-refractivity contribution in [2.24, 2.45) is 0 Å². The van der Waals surface area contributed by atoms with Crippen LogP contribution in [-0.2, 0) is 14.3 Å². The molecule has 142 valence electrons. The van der Waals surface area contributed by atoms with Crippen LogP contribution in [0.1, 0.15) is 49.4 Å². The summed E-state index contributed by atoms with van der Waals surface area (Å²) in [5.74, 6) is -0.438. The summed E-state index contributed by atoms with van der Waals surface area (Å²) in [6, 6.07) is 5.14. The van der Waals surface area contributed by atoms with Crippen molar-refractivity contribution in [3.05, 3.63) is 28.8 Å². The second-order valence-electron chi connectivity index (χ2n) is 6.90. The first-order chi connectivity index (χ1) is 12.5. The molecule has 0 aromatic heterocycles. The zero-order chi connectivity index (χ0) is 18.5. The lowest BCUT2D eigenvalue weighted by Gasteiger charge is -2.24. The molecule has 2 N–H and O–H groups in total. The average Bonchev–Trinajstić information content (AvgIpc) is 3.44. The van der Waals surface area contributed by atoms with Gasteiger partial charge in [0.25, 0.3) is 11.8 Å². The lowest BCUT2D eigenvalue weighted by Crippen LogP contribution is -2.32. The van der Waals surface area contributed by atoms with E-state index in [9.17, 15) is 9.59 Å². The molecule has 2 unspecified atom stereocenters. The van der Waals surface area contributed by atoms with E-state index in [4.69, 9.17) is 21.1 Å². The highest BCUT2D eigenvalue weighted by atomic mass is 35.5. The summed E-state index contributed by atoms with van der Waals surface area (Å²) in [5, 5.41) is 5.97. The molecule has 0 spiro atoms. The number of carbonyl (C=O) groups excluding carboxylic acids is 2. The summed E-state index contributed by atoms with van der Waals surface area (Å²) in [5.41, 5.74) is 0.947. The van der Waals surface area contributed by atoms with Crippen molar-refractivity contribution in [3.63, 3.8) is 0 Å². The van der Waals surface area contributed by atoms with Gasteiger partial charge in [0, 0.05) is 18.3 Å². The molecule has 7 heteroatoms. The van der Waals surface area contributed by atoms with Gasteiger partial charge in [-0.2, -0.15) is 0 Å². The Morgan fingerprint density at radius 2 is 2.12 bits per heavy atom. The molecule has 2 fully saturated rings. The number of hydrogen-bond donors (Lipinski definition) is 2. The number of hydrogen-bond acceptors (Lipinski definition) is 4. The normalized spacial score (nSPS) is 21.1. The molecule has 1 saturated heterocycles. The summed E-state index contributed by atoms with van der Waals surface area (Å²) in [4.78, 5) is 24.3. The van der Waals surface area contributed by atoms with Gasteiger partial charge in [0.2, 0.25) is 0 Å². The van der Waals surface area contributed by atoms with Crippen LogP contribution in [0.3, 0.4) is 0 Å². The van der Waals surface area contributed by atoms with Gasteiger partial charge in [0.1, 0.15) is 6.10 Å². The Kier molecular flexibility index (Phi) is 6.51. The molecule has 1 aromatic rings. The summed E-state index contributed by atoms with van der Waals surface area (Å²) >= 11 is 6.19. The molecule has 0 radical (unpaired) electrons. The number of nitrogens with one attached hydrogen (secondary N) is 2. The predicted molar refractivity (Wildman–Crippen MR) is 99.6 cm³/mol. The van der Waals surface area contributed by atoms with Crippen LogP contribution in [0.15, 0.2) is 18.2 Å². The third-order valence-corrected chi connectivity index (χ3v) is 4.88. The average molecular weight is 381 g/mol. The van der Waals surface area contributed by atoms with Crippen molar-refractivity contribution >= 4 is 29.1 Å². The fourth-order valence-electron chi connectivity index (χ4n) is 2.78. The van der Waals surface area contributed by atoms with E-state index in [1.165, 1.54) is 0 Å². The van der Waals surface area contributed by atoms with Gasteiger partial charge in [-0.3, -0.25) is 9.59 Å². The van der Waals surface area contributed by atoms with Crippen LogP contribution in [0, 0.1) is 0 Å². The molecule has 1 aromatic carbocycles. The Labute approximate surface area is 158 Å². The van der Waals surface area contributed by atoms with E-state index in [1.54, 1.807) is 25.1 Å². The Morgan fingerprint density at radius 1 is 1.31 bits per heavy atom. The number of ether oxygens (including phenoxy) is 2. The SMILES string of the molecule is CC(OCC1CCCCO1)C(=O)Nc1ccc(C(=O)NC2CC2)c(Cl)c1. The number of rotatable bonds is 7. The molecule has 1 aliphatic heterocycles. The quantitative estimate of drug-likeness (QED) is 0.761. The number of anilines is 1. The van der Waals surface area contributed by atoms with Gasteiger partial charge in [-0.25, -0.2) is 0 Å². The first kappa shape index (κ1) is 19.1. The lowest BCUT2D eigenvalue weighted by molar-refractivity contribution is -0.130. The summed E-state index contributed by atoms with van der Waals surface area (Å²) < 4.78 is 11.2. The zero-order valence-corrected chi connectivity index (χ0v) is 15.7. The van der Waals surface area contributed by atoms with Gasteiger partial charge >= 0.3 is 0 Å². The van der Waals surface area contributed by atoms with E-state index in [1.807, 2.05) is 0 Å². The molecule has 0 bridgehead atoms. The van der Waals surface area contributed by atoms with Crippen LogP contribution in [0.5, 0.6) is 0 Å². The largest absolute Gasteiger partial charge is 0.376 e. The van der Waals surface area contributed by atoms with Crippen LogP contribution in [0.2, 0.25) is 5.02 Å². The highest BCUT2D eigenvalue weighted by Gasteiger charge is 2.25. The van der Waals surface area contributed by atoms with Crippen molar-refractivity contribution in [2.75, 3.05) is 18.5 Å². The molecule has 2 atom stereocenters. The van der Waals surface area contributed by atoms with Crippen LogP contribution in [0.4, 0.5) is 5.69 Å². The number of benzene rings is 1. The fraction of sp³-hybridized carbons (Fsp3) is 0.579. The fourth-order valence-corrected chi connectivity index (χ4v) is 3.04. The van der Waals surface area contributed by atoms with E-state index in [0.29, 0.717) is 22.9 Å². The van der Waals surface area contributed by atoms with Crippen LogP contribution >= 0.6 is 11.6 Å². The van der Waals surface area contributed by atoms with Crippen LogP contribution in [-0.4, -0.2) is 43.3 Å². The molecule has 26 heavy (non-hydrogen) atoms. The number of amides is 2. The molecule has 2 amide bonds. The predicted octanol–water partition coefficient (Wildman–Crippen LogP) is 3.14. The van der Waals surface area contributed by atoms with Crippen molar-refractivity contribution in [1.82, 2.24) is 5.32 Å². The molecule has 1 aliphatic carbocycles. The van der Waals surface area contributed by atoms with Gasteiger partial charge in [-0.1, -0.05) is 11.6 Å². The summed E-state index contributed by atoms with van der Waals surface area (Å²) in [6.45, 7) is 2.88. The van der Waals surface area contributed by atoms with E-state index in [0.717, 1.165) is 38.7 Å². The minimum Gasteiger partial charge on any atom is -0.376 e. The third kappa shape index (κ3) is 5.43. The van der Waals surface area contributed by atoms with Gasteiger partial charge in [0.15, 0.2) is 0 Å². The van der Waals surface area contributed by atoms with E-state index >= 15 is 0 Å². The summed E-state index contributed by atoms with van der Waals surface area (Å²) in [6.07, 6.45) is 4.68. The molecular weight excluding hydrogens is 356 g/mol. The molecule has 6 nitrogen and oxygen atoms in total. The van der Waals surface area contributed by atoms with Crippen molar-refractivity contribution in [2.45, 2.75) is 57.3 Å². The van der Waals surface area contributed by atoms with E-state index < -0.39 is 6.10 Å². The Hall–Kier alpha value is -1.63. The van der Waals surface area contributed by atoms with Crippen LogP contribution < -0.4 is 10.6 Å². The monoisotopic (exact) mass is 380 g/mol. The van der Waals surface area contributed by atoms with Gasteiger partial charge in [-0.15, -0.1) is 0 Å². The maximum Gasteiger partial charge on any atom is 0.253 e.